The van der Waals surface area contributed by atoms with E-state index in [9.17, 15) is 0 Å². The lowest BCUT2D eigenvalue weighted by atomic mass is 9.48. The molecule has 0 saturated heterocycles. The number of hydrogen-bond donors (Lipinski definition) is 0. The molecule has 0 heterocycles. The average Bonchev–Trinajstić information content (AvgIpc) is 3.41. The normalized spacial score (nSPS) is 45.2. The Balaban J connectivity index is 1.01. The van der Waals surface area contributed by atoms with Crippen molar-refractivity contribution >= 4 is 0 Å². The minimum absolute atomic E-state index is 0.759. The first-order valence-corrected chi connectivity index (χ1v) is 21.6. The predicted octanol–water partition coefficient (Wildman–Crippen LogP) is 12.5. The van der Waals surface area contributed by atoms with Crippen molar-refractivity contribution in [1.29, 1.82) is 0 Å². The lowest BCUT2D eigenvalue weighted by Gasteiger charge is -2.57. The van der Waals surface area contributed by atoms with Gasteiger partial charge in [0, 0.05) is 18.1 Å². The van der Waals surface area contributed by atoms with Crippen LogP contribution in [0.3, 0.4) is 0 Å². The van der Waals surface area contributed by atoms with Gasteiger partial charge in [0.1, 0.15) is 0 Å². The van der Waals surface area contributed by atoms with Gasteiger partial charge in [0.15, 0.2) is 0 Å². The second-order valence-corrected chi connectivity index (χ2v) is 18.7. The minimum atomic E-state index is 0.759. The van der Waals surface area contributed by atoms with Crippen LogP contribution in [0.4, 0.5) is 0 Å². The molecule has 0 aromatic carbocycles. The summed E-state index contributed by atoms with van der Waals surface area (Å²) in [5, 5.41) is 0. The van der Waals surface area contributed by atoms with Gasteiger partial charge in [-0.3, -0.25) is 4.90 Å². The maximum Gasteiger partial charge on any atom is 0.0101 e. The summed E-state index contributed by atoms with van der Waals surface area (Å²) in [4.78, 5) is 3.32. The molecule has 0 aromatic rings. The fourth-order valence-corrected chi connectivity index (χ4v) is 15.6. The number of rotatable bonds is 6. The lowest BCUT2D eigenvalue weighted by Crippen LogP contribution is -2.55. The Kier molecular flexibility index (Phi) is 10.1. The highest BCUT2D eigenvalue weighted by Gasteiger charge is 2.65. The number of hydrogen-bond acceptors (Lipinski definition) is 1. The highest BCUT2D eigenvalue weighted by molar-refractivity contribution is 5.13. The van der Waals surface area contributed by atoms with Gasteiger partial charge in [0.05, 0.1) is 0 Å². The zero-order chi connectivity index (χ0) is 29.3. The van der Waals surface area contributed by atoms with Gasteiger partial charge in [-0.1, -0.05) is 96.3 Å². The van der Waals surface area contributed by atoms with Crippen LogP contribution in [0.2, 0.25) is 0 Å². The largest absolute Gasteiger partial charge is 0.294 e. The Labute approximate surface area is 274 Å². The summed E-state index contributed by atoms with van der Waals surface area (Å²) >= 11 is 0. The first kappa shape index (κ1) is 31.2. The molecule has 8 fully saturated rings. The smallest absolute Gasteiger partial charge is 0.0101 e. The second-order valence-electron chi connectivity index (χ2n) is 18.7. The van der Waals surface area contributed by atoms with Crippen molar-refractivity contribution in [2.45, 2.75) is 217 Å². The molecule has 8 aliphatic rings. The summed E-state index contributed by atoms with van der Waals surface area (Å²) in [5.74, 6) is 8.87. The summed E-state index contributed by atoms with van der Waals surface area (Å²) in [7, 11) is 0. The topological polar surface area (TPSA) is 3.24 Å². The molecule has 0 bridgehead atoms. The van der Waals surface area contributed by atoms with Crippen molar-refractivity contribution in [3.63, 3.8) is 0 Å². The molecule has 5 atom stereocenters. The maximum absolute atomic E-state index is 3.32. The van der Waals surface area contributed by atoms with Crippen LogP contribution in [0, 0.1) is 52.8 Å². The molecule has 0 N–H and O–H groups in total. The first-order valence-electron chi connectivity index (χ1n) is 21.6. The fourth-order valence-electron chi connectivity index (χ4n) is 15.6. The summed E-state index contributed by atoms with van der Waals surface area (Å²) < 4.78 is 0. The van der Waals surface area contributed by atoms with E-state index in [1.54, 1.807) is 148 Å². The molecular weight excluding hydrogens is 530 g/mol. The van der Waals surface area contributed by atoms with Crippen LogP contribution in [-0.2, 0) is 0 Å². The molecule has 8 aliphatic carbocycles. The van der Waals surface area contributed by atoms with E-state index in [-0.39, 0.29) is 0 Å². The van der Waals surface area contributed by atoms with Crippen LogP contribution in [0.15, 0.2) is 0 Å². The molecule has 0 amide bonds. The maximum atomic E-state index is 3.32. The SMILES string of the molecule is C1CCC(C2CCC(N(C3CCCCC3)C3CCC(C4(C5CCCCC5)C5CCCCC5C5CCCC[C@@H]54)CC3)CC2)CC1. The van der Waals surface area contributed by atoms with E-state index in [4.69, 9.17) is 0 Å². The van der Waals surface area contributed by atoms with Gasteiger partial charge in [-0.05, 0) is 155 Å². The summed E-state index contributed by atoms with van der Waals surface area (Å²) in [6.07, 6.45) is 48.7. The van der Waals surface area contributed by atoms with Gasteiger partial charge in [-0.2, -0.15) is 0 Å². The van der Waals surface area contributed by atoms with Crippen LogP contribution < -0.4 is 0 Å². The van der Waals surface area contributed by atoms with Gasteiger partial charge < -0.3 is 0 Å². The molecule has 0 radical (unpaired) electrons. The van der Waals surface area contributed by atoms with Crippen LogP contribution in [0.25, 0.3) is 0 Å². The third-order valence-corrected chi connectivity index (χ3v) is 17.1. The van der Waals surface area contributed by atoms with E-state index in [0.717, 1.165) is 70.9 Å². The van der Waals surface area contributed by atoms with Crippen molar-refractivity contribution in [2.24, 2.45) is 52.8 Å². The zero-order valence-corrected chi connectivity index (χ0v) is 29.2. The molecule has 0 spiro atoms. The number of fused-ring (bicyclic) bond motifs is 3. The number of nitrogens with zero attached hydrogens (tertiary/aromatic N) is 1. The van der Waals surface area contributed by atoms with E-state index >= 15 is 0 Å². The van der Waals surface area contributed by atoms with E-state index in [2.05, 4.69) is 4.90 Å². The second kappa shape index (κ2) is 14.2. The molecule has 1 nitrogen and oxygen atoms in total. The van der Waals surface area contributed by atoms with E-state index in [0.29, 0.717) is 0 Å². The molecule has 0 aromatic heterocycles. The molecule has 4 unspecified atom stereocenters. The Morgan fingerprint density at radius 3 is 1.25 bits per heavy atom. The molecule has 8 saturated carbocycles. The fraction of sp³-hybridized carbons (Fsp3) is 1.00. The Hall–Kier alpha value is -0.0400. The quantitative estimate of drug-likeness (QED) is 0.292. The minimum Gasteiger partial charge on any atom is -0.294 e. The van der Waals surface area contributed by atoms with Gasteiger partial charge in [-0.15, -0.1) is 0 Å². The molecule has 8 rings (SSSR count). The van der Waals surface area contributed by atoms with E-state index in [1.165, 1.54) is 51.4 Å². The van der Waals surface area contributed by atoms with Crippen LogP contribution in [0.1, 0.15) is 199 Å². The van der Waals surface area contributed by atoms with Crippen molar-refractivity contribution in [1.82, 2.24) is 4.90 Å². The summed E-state index contributed by atoms with van der Waals surface area (Å²) in [5.41, 5.74) is 0.759. The van der Waals surface area contributed by atoms with Crippen molar-refractivity contribution in [2.75, 3.05) is 0 Å². The molecule has 1 heteroatoms. The summed E-state index contributed by atoms with van der Waals surface area (Å²) in [6.45, 7) is 0. The third-order valence-electron chi connectivity index (χ3n) is 17.1. The van der Waals surface area contributed by atoms with Gasteiger partial charge in [-0.25, -0.2) is 0 Å². The zero-order valence-electron chi connectivity index (χ0n) is 29.2. The van der Waals surface area contributed by atoms with Crippen molar-refractivity contribution in [3.8, 4) is 0 Å². The van der Waals surface area contributed by atoms with E-state index in [1.807, 2.05) is 0 Å². The monoisotopic (exact) mass is 604 g/mol. The van der Waals surface area contributed by atoms with Crippen LogP contribution >= 0.6 is 0 Å². The van der Waals surface area contributed by atoms with Gasteiger partial charge in [0.2, 0.25) is 0 Å². The third kappa shape index (κ3) is 5.82. The van der Waals surface area contributed by atoms with Crippen LogP contribution in [-0.4, -0.2) is 23.0 Å². The van der Waals surface area contributed by atoms with Crippen molar-refractivity contribution < 1.29 is 0 Å². The van der Waals surface area contributed by atoms with E-state index < -0.39 is 0 Å². The highest BCUT2D eigenvalue weighted by Crippen LogP contribution is 2.71. The standard InChI is InChI=1S/C43H73N/c1-4-14-32(15-5-1)33-24-28-37(29-25-33)44(36-18-8-3-9-19-36)38-30-26-35(27-31-38)43(34-16-6-2-7-17-34)41-22-12-10-20-39(41)40-21-11-13-23-42(40)43/h32-42H,1-31H2/t33?,35?,37?,38?,39?,40?,41-,42?,43?/m0/s1. The molecular formula is C43H73N. The predicted molar refractivity (Wildman–Crippen MR) is 187 cm³/mol. The molecule has 250 valence electrons. The lowest BCUT2D eigenvalue weighted by molar-refractivity contribution is -0.0870. The Bertz CT molecular complexity index is 853. The van der Waals surface area contributed by atoms with Crippen molar-refractivity contribution in [3.05, 3.63) is 0 Å². The summed E-state index contributed by atoms with van der Waals surface area (Å²) in [6, 6.07) is 2.80. The molecule has 0 aliphatic heterocycles. The van der Waals surface area contributed by atoms with Crippen LogP contribution in [0.5, 0.6) is 0 Å². The Morgan fingerprint density at radius 1 is 0.295 bits per heavy atom. The molecule has 44 heavy (non-hydrogen) atoms. The van der Waals surface area contributed by atoms with Gasteiger partial charge >= 0.3 is 0 Å². The highest BCUT2D eigenvalue weighted by atomic mass is 15.2. The van der Waals surface area contributed by atoms with Gasteiger partial charge in [0.25, 0.3) is 0 Å². The Morgan fingerprint density at radius 2 is 0.682 bits per heavy atom. The average molecular weight is 604 g/mol. The first-order chi connectivity index (χ1) is 21.8.